The molecule has 0 fully saturated rings. The molecular formula is C12H13BrN2O. The van der Waals surface area contributed by atoms with Crippen LogP contribution < -0.4 is 5.73 Å². The highest BCUT2D eigenvalue weighted by Gasteiger charge is 2.10. The smallest absolute Gasteiger partial charge is 0.211 e. The Morgan fingerprint density at radius 2 is 2.12 bits per heavy atom. The zero-order chi connectivity index (χ0) is 11.7. The number of rotatable bonds is 2. The van der Waals surface area contributed by atoms with Crippen LogP contribution in [0.1, 0.15) is 24.4 Å². The number of aromatic nitrogens is 1. The molecule has 0 saturated carbocycles. The summed E-state index contributed by atoms with van der Waals surface area (Å²) in [4.78, 5) is 4.14. The van der Waals surface area contributed by atoms with E-state index in [0.29, 0.717) is 5.89 Å². The van der Waals surface area contributed by atoms with Gasteiger partial charge in [-0.3, -0.25) is 0 Å². The van der Waals surface area contributed by atoms with Crippen LogP contribution in [0.25, 0.3) is 11.3 Å². The number of hydrogen-bond acceptors (Lipinski definition) is 3. The van der Waals surface area contributed by atoms with Crippen LogP contribution in [0.4, 0.5) is 0 Å². The molecule has 2 aromatic rings. The summed E-state index contributed by atoms with van der Waals surface area (Å²) in [6.07, 6.45) is 1.71. The van der Waals surface area contributed by atoms with Gasteiger partial charge in [0.25, 0.3) is 0 Å². The average molecular weight is 281 g/mol. The zero-order valence-corrected chi connectivity index (χ0v) is 10.8. The number of oxazole rings is 1. The molecular weight excluding hydrogens is 268 g/mol. The third kappa shape index (κ3) is 2.33. The fraction of sp³-hybridized carbons (Fsp3) is 0.250. The Hall–Kier alpha value is -1.13. The van der Waals surface area contributed by atoms with Gasteiger partial charge in [-0.2, -0.15) is 0 Å². The van der Waals surface area contributed by atoms with Crippen molar-refractivity contribution >= 4 is 15.9 Å². The third-order valence-electron chi connectivity index (χ3n) is 2.24. The van der Waals surface area contributed by atoms with Crippen LogP contribution in [0.2, 0.25) is 0 Å². The van der Waals surface area contributed by atoms with Gasteiger partial charge in [-0.25, -0.2) is 4.98 Å². The Morgan fingerprint density at radius 1 is 1.38 bits per heavy atom. The van der Waals surface area contributed by atoms with Crippen LogP contribution in [0, 0.1) is 6.92 Å². The summed E-state index contributed by atoms with van der Waals surface area (Å²) in [6, 6.07) is 5.92. The normalized spacial score (nSPS) is 12.8. The summed E-state index contributed by atoms with van der Waals surface area (Å²) in [7, 11) is 0. The summed E-state index contributed by atoms with van der Waals surface area (Å²) in [5.74, 6) is 1.31. The van der Waals surface area contributed by atoms with Gasteiger partial charge in [0.1, 0.15) is 0 Å². The van der Waals surface area contributed by atoms with Crippen LogP contribution in [0.15, 0.2) is 33.3 Å². The lowest BCUT2D eigenvalue weighted by Crippen LogP contribution is -2.04. The van der Waals surface area contributed by atoms with Crippen LogP contribution in [0.3, 0.4) is 0 Å². The van der Waals surface area contributed by atoms with Crippen molar-refractivity contribution in [3.63, 3.8) is 0 Å². The van der Waals surface area contributed by atoms with Crippen molar-refractivity contribution in [2.75, 3.05) is 0 Å². The van der Waals surface area contributed by atoms with Crippen molar-refractivity contribution in [3.8, 4) is 11.3 Å². The number of nitrogens with two attached hydrogens (primary N) is 1. The van der Waals surface area contributed by atoms with Crippen LogP contribution in [0.5, 0.6) is 0 Å². The first-order valence-electron chi connectivity index (χ1n) is 5.05. The standard InChI is InChI=1S/C12H13BrN2O/c1-7-3-9(5-10(13)4-7)11-6-15-12(16-11)8(2)14/h3-6,8H,14H2,1-2H3. The SMILES string of the molecule is Cc1cc(Br)cc(-c2cnc(C(C)N)o2)c1. The van der Waals surface area contributed by atoms with Gasteiger partial charge < -0.3 is 10.2 Å². The molecule has 2 rings (SSSR count). The molecule has 0 bridgehead atoms. The Balaban J connectivity index is 2.42. The second-order valence-corrected chi connectivity index (χ2v) is 4.78. The van der Waals surface area contributed by atoms with Crippen molar-refractivity contribution in [3.05, 3.63) is 40.3 Å². The van der Waals surface area contributed by atoms with E-state index in [4.69, 9.17) is 10.2 Å². The Bertz CT molecular complexity index is 485. The maximum atomic E-state index is 5.70. The molecule has 1 atom stereocenters. The summed E-state index contributed by atoms with van der Waals surface area (Å²) < 4.78 is 6.61. The maximum Gasteiger partial charge on any atom is 0.211 e. The molecule has 3 nitrogen and oxygen atoms in total. The highest BCUT2D eigenvalue weighted by atomic mass is 79.9. The van der Waals surface area contributed by atoms with Crippen molar-refractivity contribution in [2.24, 2.45) is 5.73 Å². The van der Waals surface area contributed by atoms with E-state index in [0.717, 1.165) is 15.8 Å². The van der Waals surface area contributed by atoms with Gasteiger partial charge in [-0.1, -0.05) is 15.9 Å². The number of hydrogen-bond donors (Lipinski definition) is 1. The molecule has 2 N–H and O–H groups in total. The van der Waals surface area contributed by atoms with Crippen LogP contribution in [-0.4, -0.2) is 4.98 Å². The molecule has 1 unspecified atom stereocenters. The fourth-order valence-corrected chi connectivity index (χ4v) is 2.12. The monoisotopic (exact) mass is 280 g/mol. The molecule has 0 spiro atoms. The minimum atomic E-state index is -0.179. The first-order chi connectivity index (χ1) is 7.56. The molecule has 0 saturated heterocycles. The predicted octanol–water partition coefficient (Wildman–Crippen LogP) is 3.43. The highest BCUT2D eigenvalue weighted by molar-refractivity contribution is 9.10. The molecule has 16 heavy (non-hydrogen) atoms. The lowest BCUT2D eigenvalue weighted by Gasteiger charge is -2.01. The van der Waals surface area contributed by atoms with E-state index in [9.17, 15) is 0 Å². The van der Waals surface area contributed by atoms with Gasteiger partial charge in [-0.15, -0.1) is 0 Å². The van der Waals surface area contributed by atoms with Gasteiger partial charge in [-0.05, 0) is 37.6 Å². The summed E-state index contributed by atoms with van der Waals surface area (Å²) >= 11 is 3.46. The van der Waals surface area contributed by atoms with E-state index in [1.54, 1.807) is 6.20 Å². The van der Waals surface area contributed by atoms with Crippen molar-refractivity contribution in [1.82, 2.24) is 4.98 Å². The van der Waals surface area contributed by atoms with Gasteiger partial charge in [0.15, 0.2) is 5.76 Å². The van der Waals surface area contributed by atoms with Gasteiger partial charge in [0.05, 0.1) is 12.2 Å². The van der Waals surface area contributed by atoms with E-state index < -0.39 is 0 Å². The minimum Gasteiger partial charge on any atom is -0.439 e. The Morgan fingerprint density at radius 3 is 2.69 bits per heavy atom. The average Bonchev–Trinajstić information content (AvgIpc) is 2.64. The van der Waals surface area contributed by atoms with Crippen molar-refractivity contribution in [1.29, 1.82) is 0 Å². The van der Waals surface area contributed by atoms with E-state index in [-0.39, 0.29) is 6.04 Å². The first kappa shape index (κ1) is 11.4. The molecule has 1 aromatic carbocycles. The zero-order valence-electron chi connectivity index (χ0n) is 9.20. The fourth-order valence-electron chi connectivity index (χ4n) is 1.51. The van der Waals surface area contributed by atoms with Crippen LogP contribution in [-0.2, 0) is 0 Å². The molecule has 84 valence electrons. The van der Waals surface area contributed by atoms with E-state index in [1.165, 1.54) is 5.56 Å². The van der Waals surface area contributed by atoms with Crippen molar-refractivity contribution in [2.45, 2.75) is 19.9 Å². The molecule has 1 heterocycles. The molecule has 0 amide bonds. The molecule has 0 aliphatic rings. The third-order valence-corrected chi connectivity index (χ3v) is 2.70. The van der Waals surface area contributed by atoms with E-state index in [1.807, 2.05) is 26.0 Å². The number of halogens is 1. The van der Waals surface area contributed by atoms with Gasteiger partial charge in [0.2, 0.25) is 5.89 Å². The van der Waals surface area contributed by atoms with Crippen molar-refractivity contribution < 1.29 is 4.42 Å². The Labute approximate surface area is 103 Å². The predicted molar refractivity (Wildman–Crippen MR) is 67.0 cm³/mol. The highest BCUT2D eigenvalue weighted by Crippen LogP contribution is 2.26. The number of benzene rings is 1. The van der Waals surface area contributed by atoms with Crippen LogP contribution >= 0.6 is 15.9 Å². The summed E-state index contributed by atoms with van der Waals surface area (Å²) in [5, 5.41) is 0. The molecule has 0 radical (unpaired) electrons. The Kier molecular flexibility index (Phi) is 3.12. The quantitative estimate of drug-likeness (QED) is 0.917. The molecule has 0 aliphatic carbocycles. The molecule has 1 aromatic heterocycles. The number of aryl methyl sites for hydroxylation is 1. The lowest BCUT2D eigenvalue weighted by molar-refractivity contribution is 0.473. The minimum absolute atomic E-state index is 0.179. The topological polar surface area (TPSA) is 52.0 Å². The lowest BCUT2D eigenvalue weighted by atomic mass is 10.1. The van der Waals surface area contributed by atoms with Gasteiger partial charge in [0, 0.05) is 10.0 Å². The molecule has 0 aliphatic heterocycles. The largest absolute Gasteiger partial charge is 0.439 e. The summed E-state index contributed by atoms with van der Waals surface area (Å²) in [6.45, 7) is 3.89. The first-order valence-corrected chi connectivity index (χ1v) is 5.84. The van der Waals surface area contributed by atoms with E-state index >= 15 is 0 Å². The van der Waals surface area contributed by atoms with E-state index in [2.05, 4.69) is 27.0 Å². The van der Waals surface area contributed by atoms with Gasteiger partial charge >= 0.3 is 0 Å². The second kappa shape index (κ2) is 4.39. The second-order valence-electron chi connectivity index (χ2n) is 3.87. The molecule has 4 heteroatoms. The summed E-state index contributed by atoms with van der Waals surface area (Å²) in [5.41, 5.74) is 7.87. The number of nitrogens with zero attached hydrogens (tertiary/aromatic N) is 1. The maximum absolute atomic E-state index is 5.70.